The number of aromatic nitrogens is 1. The molecule has 0 amide bonds. The van der Waals surface area contributed by atoms with Crippen molar-refractivity contribution in [1.82, 2.24) is 10.3 Å². The molecule has 0 saturated carbocycles. The first-order valence-corrected chi connectivity index (χ1v) is 12.0. The van der Waals surface area contributed by atoms with Crippen molar-refractivity contribution in [3.63, 3.8) is 0 Å². The lowest BCUT2D eigenvalue weighted by Gasteiger charge is -2.25. The Morgan fingerprint density at radius 2 is 1.72 bits per heavy atom. The van der Waals surface area contributed by atoms with Crippen molar-refractivity contribution in [1.29, 1.82) is 0 Å². The number of rotatable bonds is 10. The van der Waals surface area contributed by atoms with Gasteiger partial charge in [-0.3, -0.25) is 4.98 Å². The summed E-state index contributed by atoms with van der Waals surface area (Å²) in [5, 5.41) is 13.4. The normalized spacial score (nSPS) is 13.0. The number of halogens is 2. The average molecular weight is 490 g/mol. The van der Waals surface area contributed by atoms with Gasteiger partial charge in [-0.2, -0.15) is 0 Å². The van der Waals surface area contributed by atoms with Crippen LogP contribution in [0.1, 0.15) is 45.6 Å². The molecular formula is C29H29F2N3O2. The van der Waals surface area contributed by atoms with Crippen LogP contribution in [0.5, 0.6) is 0 Å². The Bertz CT molecular complexity index is 1360. The SMILES string of the molecule is CCc1cccc(CNC[C@@H](c2ccc3cc(C(=O)O)ccc3n2)[C@@H](N)Cc2cc(F)cc(F)c2)c1. The summed E-state index contributed by atoms with van der Waals surface area (Å²) in [6.45, 7) is 3.25. The molecule has 0 unspecified atom stereocenters. The summed E-state index contributed by atoms with van der Waals surface area (Å²) in [5.41, 5.74) is 11.1. The van der Waals surface area contributed by atoms with Crippen molar-refractivity contribution in [3.8, 4) is 0 Å². The highest BCUT2D eigenvalue weighted by Gasteiger charge is 2.22. The number of aryl methyl sites for hydroxylation is 1. The number of nitrogens with two attached hydrogens (primary N) is 1. The van der Waals surface area contributed by atoms with E-state index in [1.54, 1.807) is 12.1 Å². The minimum Gasteiger partial charge on any atom is -0.478 e. The van der Waals surface area contributed by atoms with Gasteiger partial charge in [0.05, 0.1) is 11.1 Å². The van der Waals surface area contributed by atoms with Gasteiger partial charge in [-0.1, -0.05) is 37.3 Å². The molecule has 0 aliphatic heterocycles. The summed E-state index contributed by atoms with van der Waals surface area (Å²) < 4.78 is 27.5. The number of benzene rings is 3. The molecule has 0 bridgehead atoms. The van der Waals surface area contributed by atoms with Gasteiger partial charge in [-0.05, 0) is 65.9 Å². The first kappa shape index (κ1) is 25.4. The zero-order valence-corrected chi connectivity index (χ0v) is 20.0. The molecule has 0 saturated heterocycles. The number of hydrogen-bond acceptors (Lipinski definition) is 4. The second kappa shape index (κ2) is 11.4. The van der Waals surface area contributed by atoms with E-state index in [0.717, 1.165) is 23.7 Å². The van der Waals surface area contributed by atoms with Crippen LogP contribution >= 0.6 is 0 Å². The van der Waals surface area contributed by atoms with Gasteiger partial charge in [0.1, 0.15) is 11.6 Å². The third-order valence-electron chi connectivity index (χ3n) is 6.34. The molecule has 1 heterocycles. The van der Waals surface area contributed by atoms with Crippen LogP contribution in [-0.2, 0) is 19.4 Å². The number of carbonyl (C=O) groups is 1. The predicted molar refractivity (Wildman–Crippen MR) is 137 cm³/mol. The molecule has 3 aromatic carbocycles. The van der Waals surface area contributed by atoms with Gasteiger partial charge in [0.15, 0.2) is 0 Å². The van der Waals surface area contributed by atoms with Gasteiger partial charge in [0.25, 0.3) is 0 Å². The first-order chi connectivity index (χ1) is 17.3. The van der Waals surface area contributed by atoms with Crippen molar-refractivity contribution >= 4 is 16.9 Å². The van der Waals surface area contributed by atoms with Crippen LogP contribution in [0, 0.1) is 11.6 Å². The molecule has 4 aromatic rings. The molecule has 36 heavy (non-hydrogen) atoms. The summed E-state index contributed by atoms with van der Waals surface area (Å²) in [5.74, 6) is -2.53. The molecule has 2 atom stereocenters. The topological polar surface area (TPSA) is 88.2 Å². The van der Waals surface area contributed by atoms with Crippen molar-refractivity contribution in [2.75, 3.05) is 6.54 Å². The highest BCUT2D eigenvalue weighted by atomic mass is 19.1. The first-order valence-electron chi connectivity index (χ1n) is 12.0. The standard InChI is InChI=1S/C29H29F2N3O2/c1-2-18-4-3-5-19(10-18)16-33-17-25(26(32)13-20-11-23(30)15-24(31)12-20)28-9-6-21-14-22(29(35)36)7-8-27(21)34-28/h3-12,14-15,25-26,33H,2,13,16-17,32H2,1H3,(H,35,36)/t25-,26+/m1/s1. The largest absolute Gasteiger partial charge is 0.478 e. The highest BCUT2D eigenvalue weighted by molar-refractivity contribution is 5.93. The van der Waals surface area contributed by atoms with Crippen LogP contribution < -0.4 is 11.1 Å². The molecule has 7 heteroatoms. The number of carboxylic acids is 1. The number of aromatic carboxylic acids is 1. The maximum atomic E-state index is 13.8. The van der Waals surface area contributed by atoms with E-state index in [0.29, 0.717) is 29.6 Å². The Hall–Kier alpha value is -3.68. The van der Waals surface area contributed by atoms with Gasteiger partial charge < -0.3 is 16.2 Å². The van der Waals surface area contributed by atoms with Crippen LogP contribution in [0.3, 0.4) is 0 Å². The second-order valence-corrected chi connectivity index (χ2v) is 9.01. The summed E-state index contributed by atoms with van der Waals surface area (Å²) in [4.78, 5) is 16.1. The number of carboxylic acid groups (broad SMARTS) is 1. The summed E-state index contributed by atoms with van der Waals surface area (Å²) in [6.07, 6.45) is 1.22. The maximum Gasteiger partial charge on any atom is 0.335 e. The Labute approximate surface area is 209 Å². The number of pyridine rings is 1. The molecule has 186 valence electrons. The van der Waals surface area contributed by atoms with Crippen LogP contribution in [-0.4, -0.2) is 28.6 Å². The third kappa shape index (κ3) is 6.30. The van der Waals surface area contributed by atoms with E-state index in [1.807, 2.05) is 18.2 Å². The number of hydrogen-bond donors (Lipinski definition) is 3. The minimum absolute atomic E-state index is 0.189. The lowest BCUT2D eigenvalue weighted by Crippen LogP contribution is -2.37. The lowest BCUT2D eigenvalue weighted by molar-refractivity contribution is 0.0697. The molecule has 0 aliphatic carbocycles. The molecule has 4 rings (SSSR count). The number of nitrogens with zero attached hydrogens (tertiary/aromatic N) is 1. The molecule has 0 spiro atoms. The second-order valence-electron chi connectivity index (χ2n) is 9.01. The van der Waals surface area contributed by atoms with Crippen molar-refractivity contribution < 1.29 is 18.7 Å². The number of fused-ring (bicyclic) bond motifs is 1. The van der Waals surface area contributed by atoms with Gasteiger partial charge in [0.2, 0.25) is 0 Å². The number of nitrogens with one attached hydrogen (secondary N) is 1. The van der Waals surface area contributed by atoms with E-state index in [4.69, 9.17) is 10.7 Å². The smallest absolute Gasteiger partial charge is 0.335 e. The Kier molecular flexibility index (Phi) is 8.03. The van der Waals surface area contributed by atoms with Crippen LogP contribution in [0.15, 0.2) is 72.8 Å². The van der Waals surface area contributed by atoms with E-state index < -0.39 is 23.6 Å². The highest BCUT2D eigenvalue weighted by Crippen LogP contribution is 2.24. The Morgan fingerprint density at radius 3 is 2.44 bits per heavy atom. The fraction of sp³-hybridized carbons (Fsp3) is 0.241. The van der Waals surface area contributed by atoms with Gasteiger partial charge in [-0.15, -0.1) is 0 Å². The minimum atomic E-state index is -1.00. The molecular weight excluding hydrogens is 460 g/mol. The van der Waals surface area contributed by atoms with Crippen molar-refractivity contribution in [2.45, 2.75) is 38.3 Å². The molecule has 4 N–H and O–H groups in total. The monoisotopic (exact) mass is 489 g/mol. The quantitative estimate of drug-likeness (QED) is 0.284. The Morgan fingerprint density at radius 1 is 0.972 bits per heavy atom. The lowest BCUT2D eigenvalue weighted by atomic mass is 9.90. The van der Waals surface area contributed by atoms with Crippen LogP contribution in [0.4, 0.5) is 8.78 Å². The van der Waals surface area contributed by atoms with Gasteiger partial charge >= 0.3 is 5.97 Å². The van der Waals surface area contributed by atoms with Gasteiger partial charge in [0, 0.05) is 42.2 Å². The average Bonchev–Trinajstić information content (AvgIpc) is 2.85. The summed E-state index contributed by atoms with van der Waals surface area (Å²) in [6, 6.07) is 19.8. The molecule has 5 nitrogen and oxygen atoms in total. The summed E-state index contributed by atoms with van der Waals surface area (Å²) >= 11 is 0. The van der Waals surface area contributed by atoms with E-state index >= 15 is 0 Å². The van der Waals surface area contributed by atoms with E-state index in [9.17, 15) is 18.7 Å². The zero-order chi connectivity index (χ0) is 25.7. The van der Waals surface area contributed by atoms with Crippen molar-refractivity contribution in [2.24, 2.45) is 5.73 Å². The predicted octanol–water partition coefficient (Wildman–Crippen LogP) is 5.22. The summed E-state index contributed by atoms with van der Waals surface area (Å²) in [7, 11) is 0. The Balaban J connectivity index is 1.59. The fourth-order valence-corrected chi connectivity index (χ4v) is 4.43. The van der Waals surface area contributed by atoms with Crippen molar-refractivity contribution in [3.05, 3.63) is 112 Å². The molecule has 0 fully saturated rings. The van der Waals surface area contributed by atoms with E-state index in [1.165, 1.54) is 23.8 Å². The zero-order valence-electron chi connectivity index (χ0n) is 20.0. The van der Waals surface area contributed by atoms with E-state index in [-0.39, 0.29) is 17.9 Å². The molecule has 0 aliphatic rings. The fourth-order valence-electron chi connectivity index (χ4n) is 4.43. The maximum absolute atomic E-state index is 13.8. The molecule has 1 aromatic heterocycles. The van der Waals surface area contributed by atoms with Crippen LogP contribution in [0.2, 0.25) is 0 Å². The van der Waals surface area contributed by atoms with E-state index in [2.05, 4.69) is 30.4 Å². The third-order valence-corrected chi connectivity index (χ3v) is 6.34. The van der Waals surface area contributed by atoms with Crippen LogP contribution in [0.25, 0.3) is 10.9 Å². The molecule has 0 radical (unpaired) electrons. The van der Waals surface area contributed by atoms with Gasteiger partial charge in [-0.25, -0.2) is 13.6 Å².